The third-order valence-corrected chi connectivity index (χ3v) is 4.28. The van der Waals surface area contributed by atoms with Gasteiger partial charge in [0.05, 0.1) is 12.1 Å². The quantitative estimate of drug-likeness (QED) is 0.890. The van der Waals surface area contributed by atoms with Crippen LogP contribution in [-0.2, 0) is 24.2 Å². The molecule has 1 aromatic heterocycles. The number of fused-ring (bicyclic) bond motifs is 1. The second-order valence-electron chi connectivity index (χ2n) is 5.49. The molecule has 0 spiro atoms. The number of carboxylic acids is 1. The zero-order chi connectivity index (χ0) is 12.5. The van der Waals surface area contributed by atoms with Crippen LogP contribution in [-0.4, -0.2) is 20.6 Å². The third-order valence-electron chi connectivity index (χ3n) is 4.28. The Labute approximate surface area is 107 Å². The molecule has 3 rings (SSSR count). The number of nitrogens with zero attached hydrogens (tertiary/aromatic N) is 2. The lowest BCUT2D eigenvalue weighted by Gasteiger charge is -2.25. The van der Waals surface area contributed by atoms with E-state index in [-0.39, 0.29) is 6.42 Å². The average molecular weight is 248 g/mol. The van der Waals surface area contributed by atoms with Crippen LogP contribution >= 0.6 is 0 Å². The largest absolute Gasteiger partial charge is 0.481 e. The molecule has 0 atom stereocenters. The predicted molar refractivity (Wildman–Crippen MR) is 67.7 cm³/mol. The van der Waals surface area contributed by atoms with E-state index in [0.717, 1.165) is 13.0 Å². The summed E-state index contributed by atoms with van der Waals surface area (Å²) >= 11 is 0. The van der Waals surface area contributed by atoms with Crippen molar-refractivity contribution < 1.29 is 9.90 Å². The fraction of sp³-hybridized carbons (Fsp3) is 0.714. The Morgan fingerprint density at radius 1 is 1.33 bits per heavy atom. The van der Waals surface area contributed by atoms with Crippen molar-refractivity contribution in [1.29, 1.82) is 0 Å². The maximum atomic E-state index is 10.8. The highest BCUT2D eigenvalue weighted by molar-refractivity contribution is 5.67. The van der Waals surface area contributed by atoms with Gasteiger partial charge in [0.1, 0.15) is 5.82 Å². The molecular formula is C14H20N2O2. The number of aromatic nitrogens is 2. The Balaban J connectivity index is 1.90. The van der Waals surface area contributed by atoms with Gasteiger partial charge >= 0.3 is 5.97 Å². The molecule has 0 bridgehead atoms. The normalized spacial score (nSPS) is 19.3. The van der Waals surface area contributed by atoms with Crippen molar-refractivity contribution in [3.63, 3.8) is 0 Å². The van der Waals surface area contributed by atoms with Crippen LogP contribution in [0.1, 0.15) is 61.7 Å². The van der Waals surface area contributed by atoms with Gasteiger partial charge in [0, 0.05) is 24.6 Å². The first kappa shape index (κ1) is 11.8. The maximum absolute atomic E-state index is 10.8. The number of aryl methyl sites for hydroxylation is 1. The number of imidazole rings is 1. The molecule has 18 heavy (non-hydrogen) atoms. The Hall–Kier alpha value is -1.32. The van der Waals surface area contributed by atoms with Crippen molar-refractivity contribution >= 4 is 5.97 Å². The molecule has 1 aromatic rings. The van der Waals surface area contributed by atoms with Crippen LogP contribution in [0.25, 0.3) is 0 Å². The molecule has 4 heteroatoms. The lowest BCUT2D eigenvalue weighted by atomic mass is 9.82. The summed E-state index contributed by atoms with van der Waals surface area (Å²) < 4.78 is 2.31. The van der Waals surface area contributed by atoms with Gasteiger partial charge in [-0.15, -0.1) is 0 Å². The Morgan fingerprint density at radius 3 is 2.83 bits per heavy atom. The highest BCUT2D eigenvalue weighted by Gasteiger charge is 2.28. The molecule has 1 N–H and O–H groups in total. The van der Waals surface area contributed by atoms with Gasteiger partial charge in [-0.05, 0) is 32.1 Å². The van der Waals surface area contributed by atoms with E-state index in [9.17, 15) is 4.79 Å². The molecule has 1 saturated carbocycles. The summed E-state index contributed by atoms with van der Waals surface area (Å²) in [5.41, 5.74) is 2.44. The predicted octanol–water partition coefficient (Wildman–Crippen LogP) is 2.50. The van der Waals surface area contributed by atoms with E-state index in [1.54, 1.807) is 0 Å². The van der Waals surface area contributed by atoms with Gasteiger partial charge in [-0.3, -0.25) is 4.79 Å². The van der Waals surface area contributed by atoms with E-state index >= 15 is 0 Å². The SMILES string of the molecule is O=C(O)CCc1c(C2CCC2)nc2n1CCCC2. The molecule has 4 nitrogen and oxygen atoms in total. The van der Waals surface area contributed by atoms with Crippen LogP contribution in [0.5, 0.6) is 0 Å². The summed E-state index contributed by atoms with van der Waals surface area (Å²) in [6.07, 6.45) is 8.12. The van der Waals surface area contributed by atoms with Crippen molar-refractivity contribution in [2.75, 3.05) is 0 Å². The second-order valence-corrected chi connectivity index (χ2v) is 5.49. The minimum absolute atomic E-state index is 0.227. The van der Waals surface area contributed by atoms with Gasteiger partial charge in [-0.2, -0.15) is 0 Å². The zero-order valence-electron chi connectivity index (χ0n) is 10.7. The molecule has 1 aliphatic heterocycles. The number of aliphatic carboxylic acids is 1. The van der Waals surface area contributed by atoms with Crippen LogP contribution in [0.15, 0.2) is 0 Å². The van der Waals surface area contributed by atoms with E-state index in [0.29, 0.717) is 12.3 Å². The summed E-state index contributed by atoms with van der Waals surface area (Å²) in [7, 11) is 0. The van der Waals surface area contributed by atoms with Crippen LogP contribution in [0.3, 0.4) is 0 Å². The summed E-state index contributed by atoms with van der Waals surface area (Å²) in [6.45, 7) is 1.03. The highest BCUT2D eigenvalue weighted by Crippen LogP contribution is 2.38. The van der Waals surface area contributed by atoms with Gasteiger partial charge in [0.25, 0.3) is 0 Å². The first-order chi connectivity index (χ1) is 8.75. The Morgan fingerprint density at radius 2 is 2.17 bits per heavy atom. The number of carboxylic acid groups (broad SMARTS) is 1. The number of carbonyl (C=O) groups is 1. The number of rotatable bonds is 4. The summed E-state index contributed by atoms with van der Waals surface area (Å²) in [5, 5.41) is 8.89. The summed E-state index contributed by atoms with van der Waals surface area (Å²) in [6, 6.07) is 0. The van der Waals surface area contributed by atoms with Crippen LogP contribution in [0, 0.1) is 0 Å². The molecule has 1 fully saturated rings. The summed E-state index contributed by atoms with van der Waals surface area (Å²) in [5.74, 6) is 1.09. The molecular weight excluding hydrogens is 228 g/mol. The highest BCUT2D eigenvalue weighted by atomic mass is 16.4. The smallest absolute Gasteiger partial charge is 0.303 e. The third kappa shape index (κ3) is 2.04. The fourth-order valence-electron chi connectivity index (χ4n) is 3.06. The van der Waals surface area contributed by atoms with Crippen molar-refractivity contribution in [1.82, 2.24) is 9.55 Å². The monoisotopic (exact) mass is 248 g/mol. The van der Waals surface area contributed by atoms with E-state index in [1.807, 2.05) is 0 Å². The van der Waals surface area contributed by atoms with Crippen LogP contribution in [0.2, 0.25) is 0 Å². The molecule has 2 aliphatic rings. The van der Waals surface area contributed by atoms with E-state index in [1.165, 1.54) is 49.3 Å². The zero-order valence-corrected chi connectivity index (χ0v) is 10.7. The van der Waals surface area contributed by atoms with E-state index in [4.69, 9.17) is 10.1 Å². The minimum atomic E-state index is -0.707. The van der Waals surface area contributed by atoms with Crippen molar-refractivity contribution in [3.8, 4) is 0 Å². The Bertz CT molecular complexity index is 461. The number of hydrogen-bond donors (Lipinski definition) is 1. The van der Waals surface area contributed by atoms with Crippen LogP contribution in [0.4, 0.5) is 0 Å². The van der Waals surface area contributed by atoms with E-state index < -0.39 is 5.97 Å². The average Bonchev–Trinajstić information content (AvgIpc) is 2.62. The van der Waals surface area contributed by atoms with Gasteiger partial charge in [0.2, 0.25) is 0 Å². The van der Waals surface area contributed by atoms with Gasteiger partial charge in [-0.25, -0.2) is 4.98 Å². The summed E-state index contributed by atoms with van der Waals surface area (Å²) in [4.78, 5) is 15.6. The molecule has 2 heterocycles. The molecule has 98 valence electrons. The Kier molecular flexibility index (Phi) is 3.10. The molecule has 1 aliphatic carbocycles. The fourth-order valence-corrected chi connectivity index (χ4v) is 3.06. The van der Waals surface area contributed by atoms with E-state index in [2.05, 4.69) is 4.57 Å². The minimum Gasteiger partial charge on any atom is -0.481 e. The maximum Gasteiger partial charge on any atom is 0.303 e. The first-order valence-electron chi connectivity index (χ1n) is 7.05. The number of hydrogen-bond acceptors (Lipinski definition) is 2. The molecule has 0 unspecified atom stereocenters. The van der Waals surface area contributed by atoms with Crippen molar-refractivity contribution in [2.45, 2.75) is 63.8 Å². The molecule has 0 saturated heterocycles. The van der Waals surface area contributed by atoms with Gasteiger partial charge < -0.3 is 9.67 Å². The topological polar surface area (TPSA) is 55.1 Å². The lowest BCUT2D eigenvalue weighted by molar-refractivity contribution is -0.137. The lowest BCUT2D eigenvalue weighted by Crippen LogP contribution is -2.16. The van der Waals surface area contributed by atoms with Crippen LogP contribution < -0.4 is 0 Å². The van der Waals surface area contributed by atoms with Crippen molar-refractivity contribution in [2.24, 2.45) is 0 Å². The molecule has 0 amide bonds. The van der Waals surface area contributed by atoms with Gasteiger partial charge in [0.15, 0.2) is 0 Å². The first-order valence-corrected chi connectivity index (χ1v) is 7.05. The molecule has 0 radical (unpaired) electrons. The van der Waals surface area contributed by atoms with Gasteiger partial charge in [-0.1, -0.05) is 6.42 Å². The molecule has 0 aromatic carbocycles. The standard InChI is InChI=1S/C14H20N2O2/c17-13(18)8-7-11-14(10-4-3-5-10)15-12-6-1-2-9-16(11)12/h10H,1-9H2,(H,17,18). The second kappa shape index (κ2) is 4.75. The van der Waals surface area contributed by atoms with Crippen molar-refractivity contribution in [3.05, 3.63) is 17.2 Å².